The minimum Gasteiger partial charge on any atom is -0.481 e. The fourth-order valence-electron chi connectivity index (χ4n) is 1.74. The van der Waals surface area contributed by atoms with Crippen LogP contribution in [0.15, 0.2) is 28.7 Å². The van der Waals surface area contributed by atoms with Crippen molar-refractivity contribution < 1.29 is 14.7 Å². The first-order valence-corrected chi connectivity index (χ1v) is 6.56. The molecule has 0 aromatic heterocycles. The van der Waals surface area contributed by atoms with E-state index in [-0.39, 0.29) is 18.9 Å². The van der Waals surface area contributed by atoms with E-state index >= 15 is 0 Å². The number of carboxylic acids is 1. The van der Waals surface area contributed by atoms with Gasteiger partial charge >= 0.3 is 5.97 Å². The predicted octanol–water partition coefficient (Wildman–Crippen LogP) is 1.97. The summed E-state index contributed by atoms with van der Waals surface area (Å²) in [6.07, 6.45) is 1.59. The Morgan fingerprint density at radius 2 is 1.89 bits per heavy atom. The second-order valence-electron chi connectivity index (χ2n) is 4.67. The summed E-state index contributed by atoms with van der Waals surface area (Å²) in [5.41, 5.74) is 0.214. The van der Waals surface area contributed by atoms with E-state index in [1.807, 2.05) is 24.3 Å². The number of aliphatic carboxylic acids is 1. The van der Waals surface area contributed by atoms with Crippen molar-refractivity contribution in [3.8, 4) is 0 Å². The second-order valence-corrected chi connectivity index (χ2v) is 5.58. The lowest BCUT2D eigenvalue weighted by molar-refractivity contribution is -0.143. The van der Waals surface area contributed by atoms with Crippen molar-refractivity contribution in [1.29, 1.82) is 0 Å². The number of halogens is 1. The Labute approximate surface area is 114 Å². The van der Waals surface area contributed by atoms with Gasteiger partial charge in [0.05, 0.1) is 11.8 Å². The highest BCUT2D eigenvalue weighted by atomic mass is 79.9. The van der Waals surface area contributed by atoms with Crippen LogP contribution in [-0.2, 0) is 16.0 Å². The molecule has 2 rings (SSSR count). The minimum atomic E-state index is -0.813. The zero-order valence-electron chi connectivity index (χ0n) is 9.78. The molecule has 18 heavy (non-hydrogen) atoms. The molecule has 1 amide bonds. The first kappa shape index (κ1) is 13.1. The van der Waals surface area contributed by atoms with Gasteiger partial charge in [-0.3, -0.25) is 9.59 Å². The molecule has 0 radical (unpaired) electrons. The van der Waals surface area contributed by atoms with Crippen LogP contribution in [0.5, 0.6) is 0 Å². The zero-order chi connectivity index (χ0) is 13.2. The summed E-state index contributed by atoms with van der Waals surface area (Å²) in [6.45, 7) is 0.234. The average Bonchev–Trinajstić information content (AvgIpc) is 3.11. The molecule has 1 aliphatic carbocycles. The SMILES string of the molecule is O=C(Cc1ccc(Br)cc1)NCC1(C(=O)O)CC1. The Morgan fingerprint density at radius 1 is 1.28 bits per heavy atom. The number of hydrogen-bond acceptors (Lipinski definition) is 2. The summed E-state index contributed by atoms with van der Waals surface area (Å²) < 4.78 is 0.967. The fraction of sp³-hybridized carbons (Fsp3) is 0.385. The van der Waals surface area contributed by atoms with Crippen LogP contribution in [0.4, 0.5) is 0 Å². The standard InChI is InChI=1S/C13H14BrNO3/c14-10-3-1-9(2-4-10)7-11(16)15-8-13(5-6-13)12(17)18/h1-4H,5-8H2,(H,15,16)(H,17,18). The number of carbonyl (C=O) groups is 2. The van der Waals surface area contributed by atoms with Crippen LogP contribution in [0, 0.1) is 5.41 Å². The van der Waals surface area contributed by atoms with E-state index < -0.39 is 11.4 Å². The van der Waals surface area contributed by atoms with Crippen molar-refractivity contribution in [2.45, 2.75) is 19.3 Å². The van der Waals surface area contributed by atoms with Gasteiger partial charge in [-0.15, -0.1) is 0 Å². The summed E-state index contributed by atoms with van der Waals surface area (Å²) in [5, 5.41) is 11.7. The van der Waals surface area contributed by atoms with Crippen LogP contribution >= 0.6 is 15.9 Å². The molecule has 4 nitrogen and oxygen atoms in total. The molecule has 0 spiro atoms. The first-order valence-electron chi connectivity index (χ1n) is 5.76. The maximum absolute atomic E-state index is 11.7. The molecule has 0 aliphatic heterocycles. The van der Waals surface area contributed by atoms with Gasteiger partial charge in [-0.05, 0) is 30.5 Å². The molecule has 96 valence electrons. The van der Waals surface area contributed by atoms with Crippen LogP contribution in [0.2, 0.25) is 0 Å². The summed E-state index contributed by atoms with van der Waals surface area (Å²) in [5.74, 6) is -0.948. The van der Waals surface area contributed by atoms with Crippen LogP contribution in [-0.4, -0.2) is 23.5 Å². The molecule has 1 aromatic carbocycles. The van der Waals surface area contributed by atoms with E-state index in [1.165, 1.54) is 0 Å². The quantitative estimate of drug-likeness (QED) is 0.873. The zero-order valence-corrected chi connectivity index (χ0v) is 11.4. The normalized spacial score (nSPS) is 16.1. The van der Waals surface area contributed by atoms with Crippen LogP contribution in [0.25, 0.3) is 0 Å². The number of carbonyl (C=O) groups excluding carboxylic acids is 1. The van der Waals surface area contributed by atoms with Gasteiger partial charge in [0.25, 0.3) is 0 Å². The highest BCUT2D eigenvalue weighted by molar-refractivity contribution is 9.10. The Kier molecular flexibility index (Phi) is 3.71. The van der Waals surface area contributed by atoms with E-state index in [4.69, 9.17) is 5.11 Å². The number of amides is 1. The molecule has 1 saturated carbocycles. The number of rotatable bonds is 5. The summed E-state index contributed by atoms with van der Waals surface area (Å²) >= 11 is 3.33. The van der Waals surface area contributed by atoms with Gasteiger partial charge in [0.2, 0.25) is 5.91 Å². The molecule has 0 atom stereocenters. The van der Waals surface area contributed by atoms with Crippen molar-refractivity contribution in [2.75, 3.05) is 6.54 Å². The average molecular weight is 312 g/mol. The maximum Gasteiger partial charge on any atom is 0.311 e. The smallest absolute Gasteiger partial charge is 0.311 e. The van der Waals surface area contributed by atoms with Gasteiger partial charge in [0, 0.05) is 11.0 Å². The molecule has 0 unspecified atom stereocenters. The minimum absolute atomic E-state index is 0.134. The van der Waals surface area contributed by atoms with Crippen molar-refractivity contribution in [3.63, 3.8) is 0 Å². The van der Waals surface area contributed by atoms with E-state index in [1.54, 1.807) is 0 Å². The third-order valence-corrected chi connectivity index (χ3v) is 3.74. The molecule has 2 N–H and O–H groups in total. The van der Waals surface area contributed by atoms with Crippen LogP contribution in [0.1, 0.15) is 18.4 Å². The Morgan fingerprint density at radius 3 is 2.39 bits per heavy atom. The second kappa shape index (κ2) is 5.10. The molecule has 0 bridgehead atoms. The topological polar surface area (TPSA) is 66.4 Å². The highest BCUT2D eigenvalue weighted by Crippen LogP contribution is 2.45. The molecular formula is C13H14BrNO3. The van der Waals surface area contributed by atoms with Gasteiger partial charge in [-0.25, -0.2) is 0 Å². The van der Waals surface area contributed by atoms with Gasteiger partial charge in [0.15, 0.2) is 0 Å². The van der Waals surface area contributed by atoms with Gasteiger partial charge < -0.3 is 10.4 Å². The monoisotopic (exact) mass is 311 g/mol. The molecule has 5 heteroatoms. The molecule has 1 aromatic rings. The Balaban J connectivity index is 1.82. The van der Waals surface area contributed by atoms with Gasteiger partial charge in [-0.1, -0.05) is 28.1 Å². The summed E-state index contributed by atoms with van der Waals surface area (Å²) in [4.78, 5) is 22.6. The number of carboxylic acid groups (broad SMARTS) is 1. The van der Waals surface area contributed by atoms with Gasteiger partial charge in [0.1, 0.15) is 0 Å². The van der Waals surface area contributed by atoms with Gasteiger partial charge in [-0.2, -0.15) is 0 Å². The lowest BCUT2D eigenvalue weighted by Gasteiger charge is -2.11. The number of hydrogen-bond donors (Lipinski definition) is 2. The van der Waals surface area contributed by atoms with Crippen molar-refractivity contribution in [2.24, 2.45) is 5.41 Å². The van der Waals surface area contributed by atoms with E-state index in [2.05, 4.69) is 21.2 Å². The number of benzene rings is 1. The first-order chi connectivity index (χ1) is 8.52. The molecule has 0 heterocycles. The van der Waals surface area contributed by atoms with E-state index in [9.17, 15) is 9.59 Å². The Bertz CT molecular complexity index is 466. The molecule has 1 fully saturated rings. The largest absolute Gasteiger partial charge is 0.481 e. The predicted molar refractivity (Wildman–Crippen MR) is 70.2 cm³/mol. The number of nitrogens with one attached hydrogen (secondary N) is 1. The van der Waals surface area contributed by atoms with Crippen LogP contribution < -0.4 is 5.32 Å². The third kappa shape index (κ3) is 3.10. The van der Waals surface area contributed by atoms with Crippen LogP contribution in [0.3, 0.4) is 0 Å². The summed E-state index contributed by atoms with van der Waals surface area (Å²) in [7, 11) is 0. The molecule has 1 aliphatic rings. The van der Waals surface area contributed by atoms with E-state index in [0.29, 0.717) is 12.8 Å². The highest BCUT2D eigenvalue weighted by Gasteiger charge is 2.50. The van der Waals surface area contributed by atoms with Crippen molar-refractivity contribution in [3.05, 3.63) is 34.3 Å². The van der Waals surface area contributed by atoms with Crippen molar-refractivity contribution in [1.82, 2.24) is 5.32 Å². The summed E-state index contributed by atoms with van der Waals surface area (Å²) in [6, 6.07) is 7.49. The fourth-order valence-corrected chi connectivity index (χ4v) is 2.00. The lowest BCUT2D eigenvalue weighted by Crippen LogP contribution is -2.35. The maximum atomic E-state index is 11.7. The molecule has 0 saturated heterocycles. The Hall–Kier alpha value is -1.36. The lowest BCUT2D eigenvalue weighted by atomic mass is 10.1. The molecular weight excluding hydrogens is 298 g/mol. The van der Waals surface area contributed by atoms with Crippen molar-refractivity contribution >= 4 is 27.8 Å². The third-order valence-electron chi connectivity index (χ3n) is 3.21. The van der Waals surface area contributed by atoms with E-state index in [0.717, 1.165) is 10.0 Å².